The molecule has 1 heterocycles. The van der Waals surface area contributed by atoms with Gasteiger partial charge in [0.2, 0.25) is 15.9 Å². The van der Waals surface area contributed by atoms with Gasteiger partial charge in [-0.15, -0.1) is 11.8 Å². The van der Waals surface area contributed by atoms with Crippen LogP contribution < -0.4 is 10.5 Å². The zero-order valence-electron chi connectivity index (χ0n) is 9.63. The van der Waals surface area contributed by atoms with Crippen LogP contribution in [0.3, 0.4) is 0 Å². The summed E-state index contributed by atoms with van der Waals surface area (Å²) >= 11 is 1.51. The van der Waals surface area contributed by atoms with E-state index in [-0.39, 0.29) is 23.5 Å². The van der Waals surface area contributed by atoms with Crippen LogP contribution in [0.25, 0.3) is 0 Å². The Bertz CT molecular complexity index is 532. The highest BCUT2D eigenvalue weighted by molar-refractivity contribution is 8.01. The van der Waals surface area contributed by atoms with E-state index < -0.39 is 10.0 Å². The average Bonchev–Trinajstić information content (AvgIpc) is 2.70. The quantitative estimate of drug-likeness (QED) is 0.822. The van der Waals surface area contributed by atoms with Crippen LogP contribution in [0.2, 0.25) is 0 Å². The number of carbonyl (C=O) groups excluding carboxylic acids is 1. The first-order valence-electron chi connectivity index (χ1n) is 5.48. The number of fused-ring (bicyclic) bond motifs is 1. The SMILES string of the molecule is NS(=O)(=O)CCNC(=O)C1Cc2ccccc2S1. The molecule has 0 saturated heterocycles. The van der Waals surface area contributed by atoms with Gasteiger partial charge in [0.15, 0.2) is 0 Å². The van der Waals surface area contributed by atoms with E-state index in [0.29, 0.717) is 6.42 Å². The van der Waals surface area contributed by atoms with Crippen LogP contribution in [0.1, 0.15) is 5.56 Å². The van der Waals surface area contributed by atoms with Crippen molar-refractivity contribution in [3.8, 4) is 0 Å². The largest absolute Gasteiger partial charge is 0.354 e. The van der Waals surface area contributed by atoms with E-state index in [4.69, 9.17) is 5.14 Å². The fourth-order valence-corrected chi connectivity index (χ4v) is 3.36. The molecule has 1 unspecified atom stereocenters. The molecule has 1 aromatic rings. The lowest BCUT2D eigenvalue weighted by atomic mass is 10.1. The van der Waals surface area contributed by atoms with Crippen molar-refractivity contribution >= 4 is 27.7 Å². The van der Waals surface area contributed by atoms with E-state index in [9.17, 15) is 13.2 Å². The molecule has 0 aliphatic carbocycles. The van der Waals surface area contributed by atoms with Crippen molar-refractivity contribution in [3.63, 3.8) is 0 Å². The number of amides is 1. The molecule has 0 saturated carbocycles. The van der Waals surface area contributed by atoms with Gasteiger partial charge in [0, 0.05) is 11.4 Å². The zero-order chi connectivity index (χ0) is 13.2. The van der Waals surface area contributed by atoms with Crippen LogP contribution in [-0.4, -0.2) is 31.9 Å². The minimum absolute atomic E-state index is 0.0606. The van der Waals surface area contributed by atoms with Crippen LogP contribution >= 0.6 is 11.8 Å². The highest BCUT2D eigenvalue weighted by Crippen LogP contribution is 2.36. The van der Waals surface area contributed by atoms with Crippen LogP contribution in [0, 0.1) is 0 Å². The molecule has 0 radical (unpaired) electrons. The molecule has 0 spiro atoms. The van der Waals surface area contributed by atoms with Crippen molar-refractivity contribution < 1.29 is 13.2 Å². The molecule has 7 heteroatoms. The van der Waals surface area contributed by atoms with Crippen molar-refractivity contribution in [1.29, 1.82) is 0 Å². The molecular weight excluding hydrogens is 272 g/mol. The van der Waals surface area contributed by atoms with Crippen molar-refractivity contribution in [2.75, 3.05) is 12.3 Å². The maximum atomic E-state index is 11.8. The van der Waals surface area contributed by atoms with Gasteiger partial charge in [-0.2, -0.15) is 0 Å². The topological polar surface area (TPSA) is 89.3 Å². The Morgan fingerprint density at radius 2 is 2.17 bits per heavy atom. The van der Waals surface area contributed by atoms with Crippen molar-refractivity contribution in [1.82, 2.24) is 5.32 Å². The van der Waals surface area contributed by atoms with Gasteiger partial charge in [0.05, 0.1) is 11.0 Å². The molecule has 2 rings (SSSR count). The summed E-state index contributed by atoms with van der Waals surface area (Å²) in [6.45, 7) is 0.0606. The number of hydrogen-bond donors (Lipinski definition) is 2. The van der Waals surface area contributed by atoms with E-state index in [1.165, 1.54) is 11.8 Å². The summed E-state index contributed by atoms with van der Waals surface area (Å²) < 4.78 is 21.5. The number of benzene rings is 1. The molecule has 0 bridgehead atoms. The summed E-state index contributed by atoms with van der Waals surface area (Å²) in [5.41, 5.74) is 1.16. The lowest BCUT2D eigenvalue weighted by molar-refractivity contribution is -0.120. The lowest BCUT2D eigenvalue weighted by Crippen LogP contribution is -2.36. The Balaban J connectivity index is 1.86. The normalized spacial score (nSPS) is 18.4. The van der Waals surface area contributed by atoms with E-state index >= 15 is 0 Å². The minimum atomic E-state index is -3.52. The fourth-order valence-electron chi connectivity index (χ4n) is 1.76. The third-order valence-electron chi connectivity index (χ3n) is 2.63. The van der Waals surface area contributed by atoms with Gasteiger partial charge in [0.1, 0.15) is 0 Å². The molecule has 1 aliphatic rings. The van der Waals surface area contributed by atoms with Crippen LogP contribution in [-0.2, 0) is 21.2 Å². The van der Waals surface area contributed by atoms with Crippen molar-refractivity contribution in [2.24, 2.45) is 5.14 Å². The molecule has 1 amide bonds. The third-order valence-corrected chi connectivity index (χ3v) is 4.72. The van der Waals surface area contributed by atoms with Gasteiger partial charge < -0.3 is 5.32 Å². The standard InChI is InChI=1S/C11H14N2O3S2/c12-18(15,16)6-5-13-11(14)10-7-8-3-1-2-4-9(8)17-10/h1-4,10H,5-7H2,(H,13,14)(H2,12,15,16). The summed E-state index contributed by atoms with van der Waals surface area (Å²) in [5, 5.41) is 7.28. The smallest absolute Gasteiger partial charge is 0.233 e. The second-order valence-electron chi connectivity index (χ2n) is 4.08. The number of rotatable bonds is 4. The molecule has 98 valence electrons. The third kappa shape index (κ3) is 3.47. The predicted octanol–water partition coefficient (Wildman–Crippen LogP) is 0.108. The van der Waals surface area contributed by atoms with Crippen LogP contribution in [0.4, 0.5) is 0 Å². The highest BCUT2D eigenvalue weighted by atomic mass is 32.2. The number of hydrogen-bond acceptors (Lipinski definition) is 4. The monoisotopic (exact) mass is 286 g/mol. The lowest BCUT2D eigenvalue weighted by Gasteiger charge is -2.09. The van der Waals surface area contributed by atoms with E-state index in [1.54, 1.807) is 0 Å². The second-order valence-corrected chi connectivity index (χ2v) is 7.05. The van der Waals surface area contributed by atoms with E-state index in [0.717, 1.165) is 10.5 Å². The highest BCUT2D eigenvalue weighted by Gasteiger charge is 2.27. The Labute approximate surface area is 110 Å². The Kier molecular flexibility index (Phi) is 3.94. The van der Waals surface area contributed by atoms with Gasteiger partial charge in [-0.1, -0.05) is 18.2 Å². The molecule has 5 nitrogen and oxygen atoms in total. The van der Waals surface area contributed by atoms with Gasteiger partial charge in [0.25, 0.3) is 0 Å². The number of thioether (sulfide) groups is 1. The molecule has 1 atom stereocenters. The van der Waals surface area contributed by atoms with Gasteiger partial charge in [-0.3, -0.25) is 4.79 Å². The van der Waals surface area contributed by atoms with Crippen molar-refractivity contribution in [2.45, 2.75) is 16.6 Å². The molecular formula is C11H14N2O3S2. The molecule has 1 aromatic carbocycles. The maximum Gasteiger partial charge on any atom is 0.233 e. The summed E-state index contributed by atoms with van der Waals surface area (Å²) in [4.78, 5) is 12.9. The first-order valence-corrected chi connectivity index (χ1v) is 8.08. The van der Waals surface area contributed by atoms with Crippen molar-refractivity contribution in [3.05, 3.63) is 29.8 Å². The van der Waals surface area contributed by atoms with Gasteiger partial charge in [-0.25, -0.2) is 13.6 Å². The van der Waals surface area contributed by atoms with E-state index in [1.807, 2.05) is 24.3 Å². The van der Waals surface area contributed by atoms with Crippen LogP contribution in [0.5, 0.6) is 0 Å². The summed E-state index contributed by atoms with van der Waals surface area (Å²) in [5.74, 6) is -0.372. The first-order chi connectivity index (χ1) is 8.46. The Morgan fingerprint density at radius 1 is 1.44 bits per heavy atom. The minimum Gasteiger partial charge on any atom is -0.354 e. The predicted molar refractivity (Wildman–Crippen MR) is 70.8 cm³/mol. The first kappa shape index (κ1) is 13.4. The summed E-state index contributed by atoms with van der Waals surface area (Å²) in [7, 11) is -3.52. The number of sulfonamides is 1. The van der Waals surface area contributed by atoms with Gasteiger partial charge >= 0.3 is 0 Å². The number of carbonyl (C=O) groups is 1. The summed E-state index contributed by atoms with van der Waals surface area (Å²) in [6.07, 6.45) is 0.683. The number of primary sulfonamides is 1. The number of nitrogens with two attached hydrogens (primary N) is 1. The molecule has 0 fully saturated rings. The molecule has 18 heavy (non-hydrogen) atoms. The maximum absolute atomic E-state index is 11.8. The molecule has 1 aliphatic heterocycles. The van der Waals surface area contributed by atoms with Crippen LogP contribution in [0.15, 0.2) is 29.2 Å². The Morgan fingerprint density at radius 3 is 2.83 bits per heavy atom. The second kappa shape index (κ2) is 5.29. The van der Waals surface area contributed by atoms with Gasteiger partial charge in [-0.05, 0) is 18.1 Å². The fraction of sp³-hybridized carbons (Fsp3) is 0.364. The molecule has 0 aromatic heterocycles. The molecule has 3 N–H and O–H groups in total. The Hall–Kier alpha value is -1.05. The average molecular weight is 286 g/mol. The summed E-state index contributed by atoms with van der Waals surface area (Å²) in [6, 6.07) is 7.87. The number of nitrogens with one attached hydrogen (secondary N) is 1. The van der Waals surface area contributed by atoms with E-state index in [2.05, 4.69) is 5.32 Å². The zero-order valence-corrected chi connectivity index (χ0v) is 11.3.